The minimum atomic E-state index is 0.547. The van der Waals surface area contributed by atoms with Gasteiger partial charge in [-0.25, -0.2) is 0 Å². The zero-order valence-corrected chi connectivity index (χ0v) is 10.9. The van der Waals surface area contributed by atoms with E-state index < -0.39 is 0 Å². The summed E-state index contributed by atoms with van der Waals surface area (Å²) in [4.78, 5) is 5.03. The van der Waals surface area contributed by atoms with Crippen LogP contribution in [0.25, 0.3) is 0 Å². The Morgan fingerprint density at radius 3 is 2.31 bits per heavy atom. The van der Waals surface area contributed by atoms with Crippen molar-refractivity contribution in [1.29, 1.82) is 0 Å². The first kappa shape index (κ1) is 13.9. The molecule has 0 bridgehead atoms. The van der Waals surface area contributed by atoms with Crippen molar-refractivity contribution >= 4 is 0 Å². The Kier molecular flexibility index (Phi) is 6.96. The predicted molar refractivity (Wildman–Crippen MR) is 65.8 cm³/mol. The maximum atomic E-state index is 5.19. The molecule has 0 spiro atoms. The molecule has 0 saturated carbocycles. The summed E-state index contributed by atoms with van der Waals surface area (Å²) in [7, 11) is 3.54. The van der Waals surface area contributed by atoms with E-state index in [4.69, 9.17) is 9.47 Å². The van der Waals surface area contributed by atoms with Crippen LogP contribution in [0.2, 0.25) is 0 Å². The van der Waals surface area contributed by atoms with E-state index in [1.165, 1.54) is 19.6 Å². The summed E-state index contributed by atoms with van der Waals surface area (Å²) in [6.45, 7) is 9.80. The van der Waals surface area contributed by atoms with E-state index in [0.717, 1.165) is 32.7 Å². The molecule has 1 saturated heterocycles. The third-order valence-corrected chi connectivity index (χ3v) is 3.26. The molecule has 1 unspecified atom stereocenters. The van der Waals surface area contributed by atoms with E-state index >= 15 is 0 Å². The number of methoxy groups -OCH3 is 2. The van der Waals surface area contributed by atoms with E-state index in [9.17, 15) is 0 Å². The van der Waals surface area contributed by atoms with Gasteiger partial charge in [0.15, 0.2) is 0 Å². The first-order valence-corrected chi connectivity index (χ1v) is 6.22. The van der Waals surface area contributed by atoms with Gasteiger partial charge in [0.1, 0.15) is 0 Å². The summed E-state index contributed by atoms with van der Waals surface area (Å²) in [6, 6.07) is 0.547. The first-order chi connectivity index (χ1) is 7.77. The standard InChI is InChI=1S/C12H26N2O2/c1-12(11-16-3)14-8-6-13(7-9-14)5-4-10-15-2/h12H,4-11H2,1-3H3. The lowest BCUT2D eigenvalue weighted by Crippen LogP contribution is -2.50. The summed E-state index contributed by atoms with van der Waals surface area (Å²) in [5.74, 6) is 0. The second-order valence-corrected chi connectivity index (χ2v) is 4.53. The highest BCUT2D eigenvalue weighted by Gasteiger charge is 2.20. The van der Waals surface area contributed by atoms with Crippen LogP contribution in [0.5, 0.6) is 0 Å². The normalized spacial score (nSPS) is 21.2. The summed E-state index contributed by atoms with van der Waals surface area (Å²) >= 11 is 0. The van der Waals surface area contributed by atoms with Gasteiger partial charge in [-0.15, -0.1) is 0 Å². The summed E-state index contributed by atoms with van der Waals surface area (Å²) in [6.07, 6.45) is 1.14. The van der Waals surface area contributed by atoms with Crippen LogP contribution in [0.3, 0.4) is 0 Å². The Balaban J connectivity index is 2.13. The highest BCUT2D eigenvalue weighted by atomic mass is 16.5. The lowest BCUT2D eigenvalue weighted by atomic mass is 10.2. The minimum absolute atomic E-state index is 0.547. The fourth-order valence-electron chi connectivity index (χ4n) is 2.21. The number of hydrogen-bond acceptors (Lipinski definition) is 4. The average Bonchev–Trinajstić information content (AvgIpc) is 2.30. The molecule has 0 aliphatic carbocycles. The van der Waals surface area contributed by atoms with Gasteiger partial charge >= 0.3 is 0 Å². The molecule has 1 heterocycles. The summed E-state index contributed by atoms with van der Waals surface area (Å²) in [5, 5.41) is 0. The van der Waals surface area contributed by atoms with Gasteiger partial charge in [0, 0.05) is 59.6 Å². The van der Waals surface area contributed by atoms with Crippen molar-refractivity contribution in [3.05, 3.63) is 0 Å². The van der Waals surface area contributed by atoms with Gasteiger partial charge in [0.25, 0.3) is 0 Å². The third-order valence-electron chi connectivity index (χ3n) is 3.26. The molecule has 0 aromatic heterocycles. The Morgan fingerprint density at radius 1 is 1.06 bits per heavy atom. The van der Waals surface area contributed by atoms with Crippen LogP contribution in [0.4, 0.5) is 0 Å². The van der Waals surface area contributed by atoms with Gasteiger partial charge in [-0.3, -0.25) is 4.90 Å². The van der Waals surface area contributed by atoms with Crippen molar-refractivity contribution in [2.75, 3.05) is 60.2 Å². The molecule has 0 amide bonds. The predicted octanol–water partition coefficient (Wildman–Crippen LogP) is 0.675. The van der Waals surface area contributed by atoms with Crippen LogP contribution in [0, 0.1) is 0 Å². The molecule has 96 valence electrons. The van der Waals surface area contributed by atoms with Gasteiger partial charge < -0.3 is 14.4 Å². The number of hydrogen-bond donors (Lipinski definition) is 0. The number of piperazine rings is 1. The third kappa shape index (κ3) is 4.78. The van der Waals surface area contributed by atoms with Crippen LogP contribution in [-0.2, 0) is 9.47 Å². The molecule has 1 atom stereocenters. The van der Waals surface area contributed by atoms with E-state index in [2.05, 4.69) is 16.7 Å². The molecular weight excluding hydrogens is 204 g/mol. The minimum Gasteiger partial charge on any atom is -0.385 e. The van der Waals surface area contributed by atoms with E-state index in [0.29, 0.717) is 6.04 Å². The molecule has 0 aromatic rings. The average molecular weight is 230 g/mol. The van der Waals surface area contributed by atoms with Gasteiger partial charge in [0.05, 0.1) is 6.61 Å². The lowest BCUT2D eigenvalue weighted by molar-refractivity contribution is 0.0543. The molecule has 1 rings (SSSR count). The number of ether oxygens (including phenoxy) is 2. The maximum absolute atomic E-state index is 5.19. The second kappa shape index (κ2) is 8.01. The Labute approximate surface area is 99.5 Å². The van der Waals surface area contributed by atoms with Crippen molar-refractivity contribution < 1.29 is 9.47 Å². The van der Waals surface area contributed by atoms with Gasteiger partial charge in [0.2, 0.25) is 0 Å². The van der Waals surface area contributed by atoms with E-state index in [1.807, 2.05) is 0 Å². The van der Waals surface area contributed by atoms with Crippen molar-refractivity contribution in [1.82, 2.24) is 9.80 Å². The van der Waals surface area contributed by atoms with Crippen LogP contribution in [-0.4, -0.2) is 76.0 Å². The zero-order valence-electron chi connectivity index (χ0n) is 10.9. The molecule has 0 aromatic carbocycles. The Hall–Kier alpha value is -0.160. The topological polar surface area (TPSA) is 24.9 Å². The van der Waals surface area contributed by atoms with Crippen molar-refractivity contribution in [2.24, 2.45) is 0 Å². The summed E-state index contributed by atoms with van der Waals surface area (Å²) in [5.41, 5.74) is 0. The molecule has 1 aliphatic rings. The molecular formula is C12H26N2O2. The maximum Gasteiger partial charge on any atom is 0.0615 e. The Bertz CT molecular complexity index is 170. The van der Waals surface area contributed by atoms with Crippen molar-refractivity contribution in [3.8, 4) is 0 Å². The highest BCUT2D eigenvalue weighted by Crippen LogP contribution is 2.06. The molecule has 4 nitrogen and oxygen atoms in total. The van der Waals surface area contributed by atoms with Crippen LogP contribution < -0.4 is 0 Å². The summed E-state index contributed by atoms with van der Waals surface area (Å²) < 4.78 is 10.3. The monoisotopic (exact) mass is 230 g/mol. The van der Waals surface area contributed by atoms with E-state index in [1.54, 1.807) is 14.2 Å². The van der Waals surface area contributed by atoms with Gasteiger partial charge in [-0.2, -0.15) is 0 Å². The van der Waals surface area contributed by atoms with Crippen molar-refractivity contribution in [3.63, 3.8) is 0 Å². The number of nitrogens with zero attached hydrogens (tertiary/aromatic N) is 2. The molecule has 1 aliphatic heterocycles. The Morgan fingerprint density at radius 2 is 1.75 bits per heavy atom. The molecule has 16 heavy (non-hydrogen) atoms. The molecule has 0 N–H and O–H groups in total. The van der Waals surface area contributed by atoms with Crippen LogP contribution >= 0.6 is 0 Å². The highest BCUT2D eigenvalue weighted by molar-refractivity contribution is 4.75. The van der Waals surface area contributed by atoms with Gasteiger partial charge in [-0.05, 0) is 13.3 Å². The number of rotatable bonds is 7. The first-order valence-electron chi connectivity index (χ1n) is 6.22. The van der Waals surface area contributed by atoms with Gasteiger partial charge in [-0.1, -0.05) is 0 Å². The largest absolute Gasteiger partial charge is 0.385 e. The SMILES string of the molecule is COCCCN1CCN(C(C)COC)CC1. The molecule has 4 heteroatoms. The second-order valence-electron chi connectivity index (χ2n) is 4.53. The van der Waals surface area contributed by atoms with Crippen LogP contribution in [0.15, 0.2) is 0 Å². The quantitative estimate of drug-likeness (QED) is 0.600. The van der Waals surface area contributed by atoms with E-state index in [-0.39, 0.29) is 0 Å². The van der Waals surface area contributed by atoms with Crippen LogP contribution in [0.1, 0.15) is 13.3 Å². The van der Waals surface area contributed by atoms with Crippen molar-refractivity contribution in [2.45, 2.75) is 19.4 Å². The fraction of sp³-hybridized carbons (Fsp3) is 1.00. The zero-order chi connectivity index (χ0) is 11.8. The molecule has 0 radical (unpaired) electrons. The molecule has 1 fully saturated rings. The lowest BCUT2D eigenvalue weighted by Gasteiger charge is -2.37. The smallest absolute Gasteiger partial charge is 0.0615 e. The fourth-order valence-corrected chi connectivity index (χ4v) is 2.21.